The van der Waals surface area contributed by atoms with Crippen molar-refractivity contribution in [2.45, 2.75) is 37.8 Å². The maximum Gasteiger partial charge on any atom is 0.290 e. The Bertz CT molecular complexity index is 745. The van der Waals surface area contributed by atoms with E-state index >= 15 is 0 Å². The Balaban J connectivity index is 0.00000105. The van der Waals surface area contributed by atoms with E-state index in [1.807, 2.05) is 6.92 Å². The van der Waals surface area contributed by atoms with Crippen molar-refractivity contribution < 1.29 is 27.9 Å². The Morgan fingerprint density at radius 2 is 1.77 bits per heavy atom. The van der Waals surface area contributed by atoms with E-state index in [-0.39, 0.29) is 29.7 Å². The first-order chi connectivity index (χ1) is 12.1. The van der Waals surface area contributed by atoms with Gasteiger partial charge in [-0.15, -0.1) is 0 Å². The van der Waals surface area contributed by atoms with Crippen LogP contribution in [0.5, 0.6) is 0 Å². The molecular formula is C17H24N2O6S. The summed E-state index contributed by atoms with van der Waals surface area (Å²) >= 11 is 0. The highest BCUT2D eigenvalue weighted by molar-refractivity contribution is 7.90. The molecule has 1 aliphatic heterocycles. The largest absolute Gasteiger partial charge is 0.483 e. The lowest BCUT2D eigenvalue weighted by molar-refractivity contribution is -0.155. The van der Waals surface area contributed by atoms with Crippen LogP contribution in [-0.2, 0) is 30.8 Å². The molecule has 1 atom stereocenters. The number of carbonyl (C=O) groups is 3. The molecule has 1 N–H and O–H groups in total. The summed E-state index contributed by atoms with van der Waals surface area (Å²) in [7, 11) is -3.24. The minimum Gasteiger partial charge on any atom is -0.483 e. The van der Waals surface area contributed by atoms with Gasteiger partial charge in [-0.3, -0.25) is 14.4 Å². The van der Waals surface area contributed by atoms with Crippen molar-refractivity contribution in [2.75, 3.05) is 19.3 Å². The summed E-state index contributed by atoms with van der Waals surface area (Å²) < 4.78 is 22.9. The van der Waals surface area contributed by atoms with Crippen LogP contribution in [0, 0.1) is 0 Å². The van der Waals surface area contributed by atoms with E-state index in [0.29, 0.717) is 13.1 Å². The second-order valence-corrected chi connectivity index (χ2v) is 7.99. The Morgan fingerprint density at radius 1 is 1.23 bits per heavy atom. The van der Waals surface area contributed by atoms with E-state index in [0.717, 1.165) is 18.2 Å². The molecule has 0 spiro atoms. The SMILES string of the molecule is CCCN1CC(=O)N(Cc2ccc(S(C)(=O)=O)cc2)[C@@H](C)C1=O.O=CO. The molecule has 1 fully saturated rings. The van der Waals surface area contributed by atoms with Crippen molar-refractivity contribution in [3.63, 3.8) is 0 Å². The lowest BCUT2D eigenvalue weighted by atomic mass is 10.1. The molecule has 0 aliphatic carbocycles. The number of rotatable bonds is 5. The molecule has 1 aromatic rings. The highest BCUT2D eigenvalue weighted by atomic mass is 32.2. The van der Waals surface area contributed by atoms with Crippen LogP contribution in [0.15, 0.2) is 29.2 Å². The number of hydrogen-bond acceptors (Lipinski definition) is 5. The van der Waals surface area contributed by atoms with Crippen molar-refractivity contribution in [2.24, 2.45) is 0 Å². The molecule has 0 saturated carbocycles. The van der Waals surface area contributed by atoms with E-state index in [2.05, 4.69) is 0 Å². The lowest BCUT2D eigenvalue weighted by Gasteiger charge is -2.38. The zero-order valence-electron chi connectivity index (χ0n) is 15.1. The fourth-order valence-corrected chi connectivity index (χ4v) is 3.30. The summed E-state index contributed by atoms with van der Waals surface area (Å²) in [6, 6.07) is 5.90. The minimum absolute atomic E-state index is 0.0424. The number of hydrogen-bond donors (Lipinski definition) is 1. The van der Waals surface area contributed by atoms with Gasteiger partial charge in [0.2, 0.25) is 11.8 Å². The smallest absolute Gasteiger partial charge is 0.290 e. The molecule has 1 saturated heterocycles. The zero-order valence-corrected chi connectivity index (χ0v) is 15.9. The number of carboxylic acid groups (broad SMARTS) is 1. The van der Waals surface area contributed by atoms with E-state index in [1.54, 1.807) is 28.9 Å². The molecule has 144 valence electrons. The standard InChI is InChI=1S/C16H22N2O4S.CH2O2/c1-4-9-17-11-15(19)18(12(2)16(17)20)10-13-5-7-14(8-6-13)23(3,21)22;2-1-3/h5-8,12H,4,9-11H2,1-3H3;1H,(H,2,3)/t12-;/m0./s1. The molecule has 2 amide bonds. The minimum atomic E-state index is -3.24. The predicted molar refractivity (Wildman–Crippen MR) is 95.1 cm³/mol. The molecule has 2 rings (SSSR count). The van der Waals surface area contributed by atoms with Crippen LogP contribution in [0.3, 0.4) is 0 Å². The van der Waals surface area contributed by atoms with Gasteiger partial charge in [-0.25, -0.2) is 8.42 Å². The van der Waals surface area contributed by atoms with Gasteiger partial charge in [-0.1, -0.05) is 19.1 Å². The quantitative estimate of drug-likeness (QED) is 0.750. The summed E-state index contributed by atoms with van der Waals surface area (Å²) in [6.45, 7) is 4.45. The third-order valence-corrected chi connectivity index (χ3v) is 5.11. The van der Waals surface area contributed by atoms with Gasteiger partial charge >= 0.3 is 0 Å². The van der Waals surface area contributed by atoms with Gasteiger partial charge in [0, 0.05) is 19.3 Å². The molecular weight excluding hydrogens is 360 g/mol. The number of amides is 2. The number of carbonyl (C=O) groups excluding carboxylic acids is 2. The average molecular weight is 384 g/mol. The summed E-state index contributed by atoms with van der Waals surface area (Å²) in [6.07, 6.45) is 1.97. The van der Waals surface area contributed by atoms with Gasteiger partial charge in [0.15, 0.2) is 9.84 Å². The summed E-state index contributed by atoms with van der Waals surface area (Å²) in [5.74, 6) is -0.128. The van der Waals surface area contributed by atoms with Crippen LogP contribution in [0.1, 0.15) is 25.8 Å². The van der Waals surface area contributed by atoms with Crippen LogP contribution in [0.25, 0.3) is 0 Å². The normalized spacial score (nSPS) is 17.6. The molecule has 0 bridgehead atoms. The highest BCUT2D eigenvalue weighted by Gasteiger charge is 2.35. The highest BCUT2D eigenvalue weighted by Crippen LogP contribution is 2.18. The van der Waals surface area contributed by atoms with Crippen LogP contribution in [-0.4, -0.2) is 67.0 Å². The number of piperazine rings is 1. The topological polar surface area (TPSA) is 112 Å². The van der Waals surface area contributed by atoms with Gasteiger partial charge in [-0.2, -0.15) is 0 Å². The van der Waals surface area contributed by atoms with Crippen LogP contribution in [0.2, 0.25) is 0 Å². The van der Waals surface area contributed by atoms with E-state index in [4.69, 9.17) is 9.90 Å². The van der Waals surface area contributed by atoms with Crippen molar-refractivity contribution in [3.8, 4) is 0 Å². The third-order valence-electron chi connectivity index (χ3n) is 3.98. The molecule has 1 aromatic carbocycles. The van der Waals surface area contributed by atoms with Gasteiger partial charge < -0.3 is 14.9 Å². The molecule has 8 nitrogen and oxygen atoms in total. The van der Waals surface area contributed by atoms with Gasteiger partial charge in [0.05, 0.1) is 11.4 Å². The summed E-state index contributed by atoms with van der Waals surface area (Å²) in [4.78, 5) is 36.3. The molecule has 0 unspecified atom stereocenters. The first-order valence-electron chi connectivity index (χ1n) is 8.10. The molecule has 9 heteroatoms. The van der Waals surface area contributed by atoms with Gasteiger partial charge in [0.1, 0.15) is 6.04 Å². The lowest BCUT2D eigenvalue weighted by Crippen LogP contribution is -2.58. The van der Waals surface area contributed by atoms with Crippen molar-refractivity contribution in [3.05, 3.63) is 29.8 Å². The van der Waals surface area contributed by atoms with Gasteiger partial charge in [0.25, 0.3) is 6.47 Å². The average Bonchev–Trinajstić information content (AvgIpc) is 2.57. The molecule has 1 aliphatic rings. The Morgan fingerprint density at radius 3 is 2.23 bits per heavy atom. The summed E-state index contributed by atoms with van der Waals surface area (Å²) in [5, 5.41) is 6.89. The fraction of sp³-hybridized carbons (Fsp3) is 0.471. The second kappa shape index (κ2) is 9.33. The van der Waals surface area contributed by atoms with E-state index in [1.165, 1.54) is 12.1 Å². The third kappa shape index (κ3) is 5.55. The van der Waals surface area contributed by atoms with Crippen LogP contribution in [0.4, 0.5) is 0 Å². The maximum absolute atomic E-state index is 12.3. The van der Waals surface area contributed by atoms with Crippen molar-refractivity contribution >= 4 is 28.1 Å². The molecule has 0 aromatic heterocycles. The fourth-order valence-electron chi connectivity index (χ4n) is 2.67. The number of benzene rings is 1. The van der Waals surface area contributed by atoms with Crippen LogP contribution < -0.4 is 0 Å². The first-order valence-corrected chi connectivity index (χ1v) is 9.99. The number of sulfone groups is 1. The zero-order chi connectivity index (χ0) is 19.9. The Labute approximate surface area is 153 Å². The molecule has 26 heavy (non-hydrogen) atoms. The Kier molecular flexibility index (Phi) is 7.76. The molecule has 1 heterocycles. The summed E-state index contributed by atoms with van der Waals surface area (Å²) in [5.41, 5.74) is 0.800. The first kappa shape index (κ1) is 21.6. The monoisotopic (exact) mass is 384 g/mol. The van der Waals surface area contributed by atoms with Crippen molar-refractivity contribution in [1.82, 2.24) is 9.80 Å². The predicted octanol–water partition coefficient (Wildman–Crippen LogP) is 0.760. The van der Waals surface area contributed by atoms with Crippen molar-refractivity contribution in [1.29, 1.82) is 0 Å². The number of nitrogens with zero attached hydrogens (tertiary/aromatic N) is 2. The van der Waals surface area contributed by atoms with Gasteiger partial charge in [-0.05, 0) is 31.0 Å². The van der Waals surface area contributed by atoms with E-state index < -0.39 is 15.9 Å². The molecule has 0 radical (unpaired) electrons. The maximum atomic E-state index is 12.3. The Hall–Kier alpha value is -2.42. The van der Waals surface area contributed by atoms with Crippen LogP contribution >= 0.6 is 0 Å². The van der Waals surface area contributed by atoms with E-state index in [9.17, 15) is 18.0 Å². The second-order valence-electron chi connectivity index (χ2n) is 5.98.